The van der Waals surface area contributed by atoms with Crippen LogP contribution in [0, 0.1) is 0 Å². The molecule has 3 rings (SSSR count). The summed E-state index contributed by atoms with van der Waals surface area (Å²) in [7, 11) is 0. The first-order valence-corrected chi connectivity index (χ1v) is 5.94. The Kier molecular flexibility index (Phi) is 2.62. The van der Waals surface area contributed by atoms with Gasteiger partial charge in [-0.3, -0.25) is 4.98 Å². The average molecular weight is 216 g/mol. The first kappa shape index (κ1) is 9.85. The van der Waals surface area contributed by atoms with Crippen LogP contribution >= 0.6 is 0 Å². The van der Waals surface area contributed by atoms with Crippen molar-refractivity contribution in [3.8, 4) is 0 Å². The molecule has 0 fully saturated rings. The van der Waals surface area contributed by atoms with E-state index in [0.717, 1.165) is 38.3 Å². The number of aryl methyl sites for hydroxylation is 1. The standard InChI is InChI=1S/C13H16N2O/c1-2-13-12(14-7-1)4-3-11(15-13)10-5-8-16-9-6-10/h3-5,14H,1-2,6-9H2. The van der Waals surface area contributed by atoms with Crippen molar-refractivity contribution in [3.63, 3.8) is 0 Å². The molecule has 0 radical (unpaired) electrons. The van der Waals surface area contributed by atoms with Crippen molar-refractivity contribution in [2.24, 2.45) is 0 Å². The Labute approximate surface area is 95.5 Å². The fourth-order valence-electron chi connectivity index (χ4n) is 2.27. The third-order valence-electron chi connectivity index (χ3n) is 3.17. The van der Waals surface area contributed by atoms with Crippen LogP contribution in [0.4, 0.5) is 5.69 Å². The molecule has 3 heteroatoms. The highest BCUT2D eigenvalue weighted by Crippen LogP contribution is 2.25. The van der Waals surface area contributed by atoms with Crippen LogP contribution in [0.15, 0.2) is 18.2 Å². The van der Waals surface area contributed by atoms with Gasteiger partial charge in [-0.2, -0.15) is 0 Å². The first-order valence-electron chi connectivity index (χ1n) is 5.94. The lowest BCUT2D eigenvalue weighted by Gasteiger charge is -2.19. The van der Waals surface area contributed by atoms with Gasteiger partial charge in [0.25, 0.3) is 0 Å². The number of pyridine rings is 1. The molecule has 1 aromatic rings. The second-order valence-corrected chi connectivity index (χ2v) is 4.28. The molecule has 0 spiro atoms. The van der Waals surface area contributed by atoms with Crippen molar-refractivity contribution >= 4 is 11.3 Å². The van der Waals surface area contributed by atoms with Gasteiger partial charge in [0.2, 0.25) is 0 Å². The van der Waals surface area contributed by atoms with Crippen LogP contribution in [0.1, 0.15) is 24.2 Å². The van der Waals surface area contributed by atoms with Gasteiger partial charge in [-0.15, -0.1) is 0 Å². The molecule has 0 saturated heterocycles. The van der Waals surface area contributed by atoms with Crippen LogP contribution < -0.4 is 5.32 Å². The molecule has 0 amide bonds. The Morgan fingerprint density at radius 1 is 1.25 bits per heavy atom. The third kappa shape index (κ3) is 1.83. The molecular weight excluding hydrogens is 200 g/mol. The number of ether oxygens (including phenoxy) is 1. The summed E-state index contributed by atoms with van der Waals surface area (Å²) in [5.74, 6) is 0. The Morgan fingerprint density at radius 3 is 3.12 bits per heavy atom. The van der Waals surface area contributed by atoms with E-state index in [1.807, 2.05) is 0 Å². The predicted molar refractivity (Wildman–Crippen MR) is 64.5 cm³/mol. The lowest BCUT2D eigenvalue weighted by atomic mass is 10.0. The van der Waals surface area contributed by atoms with Gasteiger partial charge in [0.05, 0.1) is 30.3 Å². The minimum atomic E-state index is 0.729. The number of hydrogen-bond acceptors (Lipinski definition) is 3. The summed E-state index contributed by atoms with van der Waals surface area (Å²) >= 11 is 0. The van der Waals surface area contributed by atoms with E-state index in [1.165, 1.54) is 23.4 Å². The van der Waals surface area contributed by atoms with E-state index < -0.39 is 0 Å². The van der Waals surface area contributed by atoms with Gasteiger partial charge in [0.15, 0.2) is 0 Å². The first-order chi connectivity index (χ1) is 7.93. The Morgan fingerprint density at radius 2 is 2.25 bits per heavy atom. The summed E-state index contributed by atoms with van der Waals surface area (Å²) in [6, 6.07) is 4.28. The molecule has 16 heavy (non-hydrogen) atoms. The van der Waals surface area contributed by atoms with Crippen LogP contribution in [-0.4, -0.2) is 24.7 Å². The molecule has 2 aliphatic heterocycles. The minimum Gasteiger partial charge on any atom is -0.384 e. The molecule has 0 aromatic carbocycles. The molecule has 0 saturated carbocycles. The lowest BCUT2D eigenvalue weighted by molar-refractivity contribution is 0.161. The summed E-state index contributed by atoms with van der Waals surface area (Å²) in [6.07, 6.45) is 5.42. The number of nitrogens with one attached hydrogen (secondary N) is 1. The van der Waals surface area contributed by atoms with Gasteiger partial charge in [0.1, 0.15) is 0 Å². The summed E-state index contributed by atoms with van der Waals surface area (Å²) in [6.45, 7) is 2.62. The van der Waals surface area contributed by atoms with Gasteiger partial charge in [-0.05, 0) is 37.0 Å². The second-order valence-electron chi connectivity index (χ2n) is 4.28. The van der Waals surface area contributed by atoms with Gasteiger partial charge < -0.3 is 10.1 Å². The molecule has 0 unspecified atom stereocenters. The van der Waals surface area contributed by atoms with Crippen LogP contribution in [-0.2, 0) is 11.2 Å². The highest BCUT2D eigenvalue weighted by Gasteiger charge is 2.13. The molecule has 84 valence electrons. The Hall–Kier alpha value is -1.35. The van der Waals surface area contributed by atoms with Crippen LogP contribution in [0.2, 0.25) is 0 Å². The molecule has 1 N–H and O–H groups in total. The minimum absolute atomic E-state index is 0.729. The summed E-state index contributed by atoms with van der Waals surface area (Å²) in [5, 5.41) is 3.39. The van der Waals surface area contributed by atoms with Crippen molar-refractivity contribution in [1.29, 1.82) is 0 Å². The zero-order valence-corrected chi connectivity index (χ0v) is 9.33. The van der Waals surface area contributed by atoms with Crippen molar-refractivity contribution < 1.29 is 4.74 Å². The van der Waals surface area contributed by atoms with E-state index in [4.69, 9.17) is 9.72 Å². The number of fused-ring (bicyclic) bond motifs is 1. The highest BCUT2D eigenvalue weighted by atomic mass is 16.5. The number of anilines is 1. The maximum Gasteiger partial charge on any atom is 0.0665 e. The van der Waals surface area contributed by atoms with E-state index in [1.54, 1.807) is 0 Å². The zero-order chi connectivity index (χ0) is 10.8. The lowest BCUT2D eigenvalue weighted by Crippen LogP contribution is -2.14. The van der Waals surface area contributed by atoms with E-state index >= 15 is 0 Å². The van der Waals surface area contributed by atoms with Crippen LogP contribution in [0.25, 0.3) is 5.57 Å². The van der Waals surface area contributed by atoms with Crippen molar-refractivity contribution in [2.75, 3.05) is 25.1 Å². The second kappa shape index (κ2) is 4.26. The topological polar surface area (TPSA) is 34.2 Å². The fourth-order valence-corrected chi connectivity index (χ4v) is 2.27. The fraction of sp³-hybridized carbons (Fsp3) is 0.462. The Balaban J connectivity index is 1.93. The van der Waals surface area contributed by atoms with Gasteiger partial charge in [-0.1, -0.05) is 6.08 Å². The maximum absolute atomic E-state index is 5.32. The number of aromatic nitrogens is 1. The van der Waals surface area contributed by atoms with Crippen molar-refractivity contribution in [2.45, 2.75) is 19.3 Å². The third-order valence-corrected chi connectivity index (χ3v) is 3.17. The molecule has 0 aliphatic carbocycles. The number of hydrogen-bond donors (Lipinski definition) is 1. The molecule has 1 aromatic heterocycles. The maximum atomic E-state index is 5.32. The molecule has 3 heterocycles. The summed E-state index contributed by atoms with van der Waals surface area (Å²) in [5.41, 5.74) is 4.89. The smallest absolute Gasteiger partial charge is 0.0665 e. The highest BCUT2D eigenvalue weighted by molar-refractivity contribution is 5.65. The molecular formula is C13H16N2O. The molecule has 0 atom stereocenters. The Bertz CT molecular complexity index is 426. The van der Waals surface area contributed by atoms with E-state index in [0.29, 0.717) is 0 Å². The molecule has 3 nitrogen and oxygen atoms in total. The SMILES string of the molecule is C1=C(c2ccc3c(n2)CCCN3)CCOC1. The zero-order valence-electron chi connectivity index (χ0n) is 9.33. The van der Waals surface area contributed by atoms with Crippen LogP contribution in [0.5, 0.6) is 0 Å². The summed E-state index contributed by atoms with van der Waals surface area (Å²) in [4.78, 5) is 4.75. The van der Waals surface area contributed by atoms with E-state index in [9.17, 15) is 0 Å². The van der Waals surface area contributed by atoms with Gasteiger partial charge in [-0.25, -0.2) is 0 Å². The van der Waals surface area contributed by atoms with E-state index in [2.05, 4.69) is 23.5 Å². The van der Waals surface area contributed by atoms with Crippen molar-refractivity contribution in [1.82, 2.24) is 4.98 Å². The van der Waals surface area contributed by atoms with Gasteiger partial charge in [0, 0.05) is 6.54 Å². The number of nitrogens with zero attached hydrogens (tertiary/aromatic N) is 1. The normalized spacial score (nSPS) is 19.6. The van der Waals surface area contributed by atoms with Crippen molar-refractivity contribution in [3.05, 3.63) is 29.6 Å². The van der Waals surface area contributed by atoms with Gasteiger partial charge >= 0.3 is 0 Å². The quantitative estimate of drug-likeness (QED) is 0.781. The largest absolute Gasteiger partial charge is 0.384 e. The van der Waals surface area contributed by atoms with E-state index in [-0.39, 0.29) is 0 Å². The number of rotatable bonds is 1. The average Bonchev–Trinajstić information content (AvgIpc) is 2.39. The summed E-state index contributed by atoms with van der Waals surface area (Å²) < 4.78 is 5.32. The predicted octanol–water partition coefficient (Wildman–Crippen LogP) is 2.24. The monoisotopic (exact) mass is 216 g/mol. The molecule has 2 aliphatic rings. The van der Waals surface area contributed by atoms with Crippen LogP contribution in [0.3, 0.4) is 0 Å². The molecule has 0 bridgehead atoms.